The Bertz CT molecular complexity index is 1260. The number of methoxy groups -OCH3 is 2. The average Bonchev–Trinajstić information content (AvgIpc) is 3.40. The maximum atomic E-state index is 15.5. The fraction of sp³-hybridized carbons (Fsp3) is 0.440. The number of nitrogens with zero attached hydrogens (tertiary/aromatic N) is 6. The molecule has 1 saturated heterocycles. The van der Waals surface area contributed by atoms with Crippen LogP contribution in [0.3, 0.4) is 0 Å². The highest BCUT2D eigenvalue weighted by molar-refractivity contribution is 5.76. The quantitative estimate of drug-likeness (QED) is 0.513. The molecule has 0 amide bonds. The van der Waals surface area contributed by atoms with Crippen molar-refractivity contribution in [3.63, 3.8) is 0 Å². The first-order valence-electron chi connectivity index (χ1n) is 12.0. The van der Waals surface area contributed by atoms with Crippen LogP contribution in [0.15, 0.2) is 35.5 Å². The normalized spacial score (nSPS) is 21.7. The van der Waals surface area contributed by atoms with Crippen molar-refractivity contribution in [3.8, 4) is 11.5 Å². The molecule has 1 fully saturated rings. The maximum absolute atomic E-state index is 15.5. The van der Waals surface area contributed by atoms with Crippen LogP contribution in [-0.4, -0.2) is 79.8 Å². The summed E-state index contributed by atoms with van der Waals surface area (Å²) in [5.41, 5.74) is 1.43. The molecule has 2 N–H and O–H groups in total. The SMILES string of the molecule is COc1cc(OC)c(F)c(N(CC2N=CCN2)c2ccc3ncc(N4CC(C)NC(C)C4)nc3n2)c1. The van der Waals surface area contributed by atoms with Crippen LogP contribution >= 0.6 is 0 Å². The second kappa shape index (κ2) is 10.2. The van der Waals surface area contributed by atoms with Crippen molar-refractivity contribution < 1.29 is 13.9 Å². The number of aliphatic imine (C=N–C) groups is 1. The summed E-state index contributed by atoms with van der Waals surface area (Å²) in [6, 6.07) is 7.50. The Kier molecular flexibility index (Phi) is 6.84. The summed E-state index contributed by atoms with van der Waals surface area (Å²) in [5.74, 6) is 1.35. The minimum atomic E-state index is -0.509. The largest absolute Gasteiger partial charge is 0.497 e. The number of pyridine rings is 1. The van der Waals surface area contributed by atoms with Crippen molar-refractivity contribution in [3.05, 3.63) is 36.3 Å². The van der Waals surface area contributed by atoms with E-state index in [-0.39, 0.29) is 17.6 Å². The first-order chi connectivity index (χ1) is 17.4. The first-order valence-corrected chi connectivity index (χ1v) is 12.0. The number of ether oxygens (including phenoxy) is 2. The fourth-order valence-electron chi connectivity index (χ4n) is 4.74. The number of hydrogen-bond donors (Lipinski definition) is 2. The standard InChI is InChI=1S/C25H31FN8O2/c1-15-12-33(13-16(2)30-15)23-11-29-18-5-6-22(31-25(18)32-23)34(14-21-27-7-8-28-21)19-9-17(35-3)10-20(36-4)24(19)26/h5-7,9-11,15-16,21,28,30H,8,12-14H2,1-4H3. The van der Waals surface area contributed by atoms with Gasteiger partial charge in [-0.05, 0) is 26.0 Å². The summed E-state index contributed by atoms with van der Waals surface area (Å²) in [7, 11) is 2.96. The molecule has 3 atom stereocenters. The molecule has 11 heteroatoms. The van der Waals surface area contributed by atoms with Gasteiger partial charge in [-0.1, -0.05) is 0 Å². The lowest BCUT2D eigenvalue weighted by Gasteiger charge is -2.36. The lowest BCUT2D eigenvalue weighted by atomic mass is 10.1. The summed E-state index contributed by atoms with van der Waals surface area (Å²) >= 11 is 0. The van der Waals surface area contributed by atoms with Gasteiger partial charge in [-0.3, -0.25) is 10.3 Å². The minimum Gasteiger partial charge on any atom is -0.497 e. The molecule has 0 saturated carbocycles. The topological polar surface area (TPSA) is 100 Å². The summed E-state index contributed by atoms with van der Waals surface area (Å²) < 4.78 is 26.2. The van der Waals surface area contributed by atoms with Gasteiger partial charge in [-0.15, -0.1) is 0 Å². The predicted octanol–water partition coefficient (Wildman–Crippen LogP) is 2.51. The molecule has 3 aromatic rings. The molecule has 2 aliphatic rings. The van der Waals surface area contributed by atoms with E-state index < -0.39 is 5.82 Å². The summed E-state index contributed by atoms with van der Waals surface area (Å²) in [6.45, 7) is 6.98. The van der Waals surface area contributed by atoms with Gasteiger partial charge < -0.3 is 24.6 Å². The molecular formula is C25H31FN8O2. The number of nitrogens with one attached hydrogen (secondary N) is 2. The second-order valence-electron chi connectivity index (χ2n) is 9.14. The zero-order valence-electron chi connectivity index (χ0n) is 20.9. The van der Waals surface area contributed by atoms with E-state index in [4.69, 9.17) is 19.4 Å². The van der Waals surface area contributed by atoms with Gasteiger partial charge in [-0.2, -0.15) is 0 Å². The number of halogens is 1. The Balaban J connectivity index is 1.57. The zero-order chi connectivity index (χ0) is 25.2. The van der Waals surface area contributed by atoms with E-state index >= 15 is 4.39 Å². The number of aromatic nitrogens is 3. The first kappa shape index (κ1) is 24.1. The third-order valence-electron chi connectivity index (χ3n) is 6.36. The van der Waals surface area contributed by atoms with Gasteiger partial charge in [0.05, 0.1) is 32.6 Å². The summed E-state index contributed by atoms with van der Waals surface area (Å²) in [4.78, 5) is 22.7. The van der Waals surface area contributed by atoms with Gasteiger partial charge in [0, 0.05) is 50.1 Å². The van der Waals surface area contributed by atoms with E-state index in [2.05, 4.69) is 39.4 Å². The van der Waals surface area contributed by atoms with E-state index in [1.807, 2.05) is 18.3 Å². The monoisotopic (exact) mass is 494 g/mol. The van der Waals surface area contributed by atoms with Crippen LogP contribution < -0.4 is 29.9 Å². The predicted molar refractivity (Wildman–Crippen MR) is 138 cm³/mol. The molecule has 190 valence electrons. The van der Waals surface area contributed by atoms with E-state index in [1.165, 1.54) is 20.3 Å². The van der Waals surface area contributed by atoms with Crippen molar-refractivity contribution in [1.82, 2.24) is 25.6 Å². The Morgan fingerprint density at radius 1 is 1.11 bits per heavy atom. The third kappa shape index (κ3) is 4.89. The van der Waals surface area contributed by atoms with Crippen LogP contribution in [0.4, 0.5) is 21.7 Å². The van der Waals surface area contributed by atoms with E-state index in [0.717, 1.165) is 18.9 Å². The van der Waals surface area contributed by atoms with E-state index in [0.29, 0.717) is 47.9 Å². The molecule has 36 heavy (non-hydrogen) atoms. The molecular weight excluding hydrogens is 463 g/mol. The van der Waals surface area contributed by atoms with Crippen LogP contribution in [0.25, 0.3) is 11.2 Å². The summed E-state index contributed by atoms with van der Waals surface area (Å²) in [5, 5.41) is 6.81. The molecule has 0 aliphatic carbocycles. The zero-order valence-corrected chi connectivity index (χ0v) is 20.9. The van der Waals surface area contributed by atoms with Gasteiger partial charge >= 0.3 is 0 Å². The number of anilines is 3. The van der Waals surface area contributed by atoms with E-state index in [9.17, 15) is 0 Å². The molecule has 4 heterocycles. The van der Waals surface area contributed by atoms with Crippen LogP contribution in [-0.2, 0) is 0 Å². The highest BCUT2D eigenvalue weighted by Gasteiger charge is 2.25. The molecule has 5 rings (SSSR count). The van der Waals surface area contributed by atoms with Crippen molar-refractivity contribution >= 4 is 34.7 Å². The molecule has 0 spiro atoms. The van der Waals surface area contributed by atoms with Crippen LogP contribution in [0.1, 0.15) is 13.8 Å². The van der Waals surface area contributed by atoms with Crippen LogP contribution in [0.2, 0.25) is 0 Å². The molecule has 3 unspecified atom stereocenters. The Hall–Kier alpha value is -3.57. The van der Waals surface area contributed by atoms with Crippen LogP contribution in [0.5, 0.6) is 11.5 Å². The summed E-state index contributed by atoms with van der Waals surface area (Å²) in [6.07, 6.45) is 3.38. The fourth-order valence-corrected chi connectivity index (χ4v) is 4.74. The highest BCUT2D eigenvalue weighted by Crippen LogP contribution is 2.36. The van der Waals surface area contributed by atoms with E-state index in [1.54, 1.807) is 17.2 Å². The number of rotatable bonds is 7. The Morgan fingerprint density at radius 2 is 1.92 bits per heavy atom. The molecule has 10 nitrogen and oxygen atoms in total. The van der Waals surface area contributed by atoms with Crippen molar-refractivity contribution in [1.29, 1.82) is 0 Å². The van der Waals surface area contributed by atoms with Crippen molar-refractivity contribution in [2.24, 2.45) is 4.99 Å². The lowest BCUT2D eigenvalue weighted by Crippen LogP contribution is -2.54. The molecule has 2 aliphatic heterocycles. The number of fused-ring (bicyclic) bond motifs is 1. The highest BCUT2D eigenvalue weighted by atomic mass is 19.1. The number of piperazine rings is 1. The molecule has 0 radical (unpaired) electrons. The van der Waals surface area contributed by atoms with Crippen molar-refractivity contribution in [2.45, 2.75) is 32.1 Å². The maximum Gasteiger partial charge on any atom is 0.188 e. The van der Waals surface area contributed by atoms with Gasteiger partial charge in [0.25, 0.3) is 0 Å². The Labute approximate surface area is 209 Å². The minimum absolute atomic E-state index is 0.0852. The molecule has 1 aromatic carbocycles. The second-order valence-corrected chi connectivity index (χ2v) is 9.14. The lowest BCUT2D eigenvalue weighted by molar-refractivity contribution is 0.374. The average molecular weight is 495 g/mol. The molecule has 2 aromatic heterocycles. The molecule has 0 bridgehead atoms. The van der Waals surface area contributed by atoms with Crippen LogP contribution in [0, 0.1) is 5.82 Å². The number of hydrogen-bond acceptors (Lipinski definition) is 10. The van der Waals surface area contributed by atoms with Gasteiger partial charge in [0.15, 0.2) is 17.2 Å². The van der Waals surface area contributed by atoms with Gasteiger partial charge in [-0.25, -0.2) is 19.3 Å². The third-order valence-corrected chi connectivity index (χ3v) is 6.36. The van der Waals surface area contributed by atoms with Gasteiger partial charge in [0.1, 0.15) is 29.1 Å². The smallest absolute Gasteiger partial charge is 0.188 e. The van der Waals surface area contributed by atoms with Crippen molar-refractivity contribution in [2.75, 3.05) is 50.2 Å². The number of benzene rings is 1. The Morgan fingerprint density at radius 3 is 2.61 bits per heavy atom. The van der Waals surface area contributed by atoms with Gasteiger partial charge in [0.2, 0.25) is 0 Å².